The molecular weight excluding hydrogens is 376 g/mol. The van der Waals surface area contributed by atoms with Crippen LogP contribution < -0.4 is 27.0 Å². The van der Waals surface area contributed by atoms with Gasteiger partial charge in [0, 0.05) is 35.5 Å². The van der Waals surface area contributed by atoms with Crippen LogP contribution in [-0.2, 0) is 0 Å². The second-order valence-electron chi connectivity index (χ2n) is 6.67. The number of nitrogens with zero attached hydrogens (tertiary/aromatic N) is 4. The molecule has 4 aromatic rings. The Kier molecular flexibility index (Phi) is 5.29. The van der Waals surface area contributed by atoms with Crippen molar-refractivity contribution in [3.8, 4) is 0 Å². The number of nitrogens with two attached hydrogens (primary N) is 2. The minimum absolute atomic E-state index is 0.408. The highest BCUT2D eigenvalue weighted by Gasteiger charge is 2.13. The normalized spacial score (nSPS) is 10.4. The number of nitrogens with one attached hydrogen (secondary N) is 2. The molecule has 0 saturated carbocycles. The monoisotopic (exact) mass is 398 g/mol. The molecule has 0 radical (unpaired) electrons. The summed E-state index contributed by atoms with van der Waals surface area (Å²) in [6, 6.07) is 24.6. The lowest BCUT2D eigenvalue weighted by atomic mass is 10.3. The van der Waals surface area contributed by atoms with E-state index in [9.17, 15) is 0 Å². The standard InChI is InChI=1S/C22H22N8/c1-30(19-5-3-2-4-6-19)22-28-20(25-17-11-7-15(23)8-12-17)27-21(29-22)26-18-13-9-16(24)10-14-18/h2-14H,23-24H2,1H3,(H2,25,26,27,28,29). The molecule has 8 nitrogen and oxygen atoms in total. The zero-order valence-corrected chi connectivity index (χ0v) is 16.4. The first kappa shape index (κ1) is 19.0. The zero-order chi connectivity index (χ0) is 20.9. The fourth-order valence-corrected chi connectivity index (χ4v) is 2.78. The third-order valence-electron chi connectivity index (χ3n) is 4.40. The van der Waals surface area contributed by atoms with Gasteiger partial charge in [0.2, 0.25) is 17.8 Å². The van der Waals surface area contributed by atoms with Crippen LogP contribution in [0.3, 0.4) is 0 Å². The number of aromatic nitrogens is 3. The Hall–Kier alpha value is -4.33. The zero-order valence-electron chi connectivity index (χ0n) is 16.4. The van der Waals surface area contributed by atoms with Gasteiger partial charge < -0.3 is 27.0 Å². The van der Waals surface area contributed by atoms with Gasteiger partial charge in [-0.2, -0.15) is 15.0 Å². The van der Waals surface area contributed by atoms with Crippen molar-refractivity contribution in [3.63, 3.8) is 0 Å². The Morgan fingerprint density at radius 1 is 0.633 bits per heavy atom. The molecule has 4 rings (SSSR count). The summed E-state index contributed by atoms with van der Waals surface area (Å²) in [4.78, 5) is 15.6. The largest absolute Gasteiger partial charge is 0.399 e. The molecule has 0 saturated heterocycles. The van der Waals surface area contributed by atoms with E-state index in [1.54, 1.807) is 0 Å². The summed E-state index contributed by atoms with van der Waals surface area (Å²) in [6.07, 6.45) is 0. The molecule has 3 aromatic carbocycles. The van der Waals surface area contributed by atoms with Crippen molar-refractivity contribution >= 4 is 46.3 Å². The minimum Gasteiger partial charge on any atom is -0.399 e. The molecule has 1 heterocycles. The second-order valence-corrected chi connectivity index (χ2v) is 6.67. The second kappa shape index (κ2) is 8.36. The molecule has 0 amide bonds. The van der Waals surface area contributed by atoms with Crippen molar-refractivity contribution in [2.75, 3.05) is 34.0 Å². The van der Waals surface area contributed by atoms with Crippen LogP contribution in [0.25, 0.3) is 0 Å². The van der Waals surface area contributed by atoms with Crippen molar-refractivity contribution in [3.05, 3.63) is 78.9 Å². The highest BCUT2D eigenvalue weighted by atomic mass is 15.3. The third-order valence-corrected chi connectivity index (χ3v) is 4.40. The molecule has 0 fully saturated rings. The number of rotatable bonds is 6. The summed E-state index contributed by atoms with van der Waals surface area (Å²) in [7, 11) is 1.91. The third kappa shape index (κ3) is 4.56. The van der Waals surface area contributed by atoms with E-state index in [0.29, 0.717) is 29.2 Å². The summed E-state index contributed by atoms with van der Waals surface area (Å²) < 4.78 is 0. The van der Waals surface area contributed by atoms with Crippen LogP contribution in [0.4, 0.5) is 46.3 Å². The fourth-order valence-electron chi connectivity index (χ4n) is 2.78. The van der Waals surface area contributed by atoms with E-state index in [2.05, 4.69) is 25.6 Å². The number of anilines is 8. The Balaban J connectivity index is 1.69. The van der Waals surface area contributed by atoms with Crippen molar-refractivity contribution in [2.24, 2.45) is 0 Å². The average Bonchev–Trinajstić information content (AvgIpc) is 2.77. The number of hydrogen-bond donors (Lipinski definition) is 4. The maximum atomic E-state index is 5.77. The van der Waals surface area contributed by atoms with E-state index in [1.807, 2.05) is 90.8 Å². The summed E-state index contributed by atoms with van der Waals surface area (Å²) in [5.74, 6) is 1.31. The van der Waals surface area contributed by atoms with Crippen LogP contribution in [0, 0.1) is 0 Å². The molecule has 8 heteroatoms. The van der Waals surface area contributed by atoms with E-state index in [0.717, 1.165) is 17.1 Å². The van der Waals surface area contributed by atoms with Gasteiger partial charge in [0.05, 0.1) is 0 Å². The summed E-state index contributed by atoms with van der Waals surface area (Å²) in [5.41, 5.74) is 15.5. The lowest BCUT2D eigenvalue weighted by Gasteiger charge is -2.19. The summed E-state index contributed by atoms with van der Waals surface area (Å²) in [5, 5.41) is 6.42. The van der Waals surface area contributed by atoms with E-state index >= 15 is 0 Å². The number of nitrogen functional groups attached to an aromatic ring is 2. The highest BCUT2D eigenvalue weighted by Crippen LogP contribution is 2.24. The first-order chi connectivity index (χ1) is 14.6. The van der Waals surface area contributed by atoms with E-state index < -0.39 is 0 Å². The minimum atomic E-state index is 0.408. The molecule has 0 bridgehead atoms. The molecular formula is C22H22N8. The molecule has 0 aliphatic rings. The van der Waals surface area contributed by atoms with Gasteiger partial charge in [-0.3, -0.25) is 0 Å². The predicted molar refractivity (Wildman–Crippen MR) is 123 cm³/mol. The fraction of sp³-hybridized carbons (Fsp3) is 0.0455. The smallest absolute Gasteiger partial charge is 0.236 e. The van der Waals surface area contributed by atoms with Gasteiger partial charge in [-0.05, 0) is 60.7 Å². The van der Waals surface area contributed by atoms with Crippen LogP contribution in [-0.4, -0.2) is 22.0 Å². The van der Waals surface area contributed by atoms with Crippen LogP contribution in [0.5, 0.6) is 0 Å². The Morgan fingerprint density at radius 3 is 1.57 bits per heavy atom. The summed E-state index contributed by atoms with van der Waals surface area (Å²) >= 11 is 0. The number of para-hydroxylation sites is 1. The van der Waals surface area contributed by atoms with E-state index in [1.165, 1.54) is 0 Å². The Labute approximate surface area is 174 Å². The van der Waals surface area contributed by atoms with Gasteiger partial charge in [-0.15, -0.1) is 0 Å². The maximum Gasteiger partial charge on any atom is 0.236 e. The van der Waals surface area contributed by atoms with Gasteiger partial charge in [0.15, 0.2) is 0 Å². The van der Waals surface area contributed by atoms with Crippen LogP contribution >= 0.6 is 0 Å². The van der Waals surface area contributed by atoms with Gasteiger partial charge in [-0.25, -0.2) is 0 Å². The Bertz CT molecular complexity index is 1050. The van der Waals surface area contributed by atoms with Crippen LogP contribution in [0.15, 0.2) is 78.9 Å². The molecule has 1 aromatic heterocycles. The van der Waals surface area contributed by atoms with Crippen molar-refractivity contribution in [1.82, 2.24) is 15.0 Å². The molecule has 0 atom stereocenters. The van der Waals surface area contributed by atoms with Crippen LogP contribution in [0.1, 0.15) is 0 Å². The van der Waals surface area contributed by atoms with Gasteiger partial charge in [-0.1, -0.05) is 18.2 Å². The maximum absolute atomic E-state index is 5.77. The van der Waals surface area contributed by atoms with Crippen molar-refractivity contribution in [1.29, 1.82) is 0 Å². The molecule has 0 spiro atoms. The first-order valence-electron chi connectivity index (χ1n) is 9.37. The number of hydrogen-bond acceptors (Lipinski definition) is 8. The quantitative estimate of drug-likeness (QED) is 0.355. The lowest BCUT2D eigenvalue weighted by Crippen LogP contribution is -2.16. The van der Waals surface area contributed by atoms with Crippen molar-refractivity contribution in [2.45, 2.75) is 0 Å². The molecule has 30 heavy (non-hydrogen) atoms. The highest BCUT2D eigenvalue weighted by molar-refractivity contribution is 5.64. The van der Waals surface area contributed by atoms with Gasteiger partial charge in [0.1, 0.15) is 0 Å². The molecule has 0 unspecified atom stereocenters. The lowest BCUT2D eigenvalue weighted by molar-refractivity contribution is 0.996. The van der Waals surface area contributed by atoms with Crippen LogP contribution in [0.2, 0.25) is 0 Å². The van der Waals surface area contributed by atoms with E-state index in [4.69, 9.17) is 11.5 Å². The molecule has 0 aliphatic carbocycles. The first-order valence-corrected chi connectivity index (χ1v) is 9.37. The van der Waals surface area contributed by atoms with Gasteiger partial charge >= 0.3 is 0 Å². The number of benzene rings is 3. The van der Waals surface area contributed by atoms with E-state index in [-0.39, 0.29) is 0 Å². The molecule has 6 N–H and O–H groups in total. The SMILES string of the molecule is CN(c1ccccc1)c1nc(Nc2ccc(N)cc2)nc(Nc2ccc(N)cc2)n1. The molecule has 0 aliphatic heterocycles. The summed E-state index contributed by atoms with van der Waals surface area (Å²) in [6.45, 7) is 0. The predicted octanol–water partition coefficient (Wildman–Crippen LogP) is 4.29. The van der Waals surface area contributed by atoms with Gasteiger partial charge in [0.25, 0.3) is 0 Å². The van der Waals surface area contributed by atoms with Crippen molar-refractivity contribution < 1.29 is 0 Å². The Morgan fingerprint density at radius 2 is 1.10 bits per heavy atom. The topological polar surface area (TPSA) is 118 Å². The molecule has 150 valence electrons. The average molecular weight is 398 g/mol.